The molecule has 1 aliphatic rings. The lowest BCUT2D eigenvalue weighted by Crippen LogP contribution is -2.34. The summed E-state index contributed by atoms with van der Waals surface area (Å²) in [5, 5.41) is 4.85. The second-order valence-corrected chi connectivity index (χ2v) is 6.49. The molecule has 5 nitrogen and oxygen atoms in total. The minimum Gasteiger partial charge on any atom is -0.370 e. The van der Waals surface area contributed by atoms with Crippen molar-refractivity contribution in [3.8, 4) is 0 Å². The van der Waals surface area contributed by atoms with Gasteiger partial charge >= 0.3 is 0 Å². The van der Waals surface area contributed by atoms with Crippen LogP contribution in [0.2, 0.25) is 5.02 Å². The van der Waals surface area contributed by atoms with Crippen LogP contribution in [0.4, 0.5) is 10.1 Å². The van der Waals surface area contributed by atoms with Crippen LogP contribution in [0.15, 0.2) is 28.9 Å². The molecule has 3 aromatic rings. The van der Waals surface area contributed by atoms with E-state index in [1.54, 1.807) is 12.3 Å². The van der Waals surface area contributed by atoms with Gasteiger partial charge in [-0.3, -0.25) is 4.98 Å². The number of hydrogen-bond acceptors (Lipinski definition) is 5. The molecule has 7 heteroatoms. The molecule has 24 heavy (non-hydrogen) atoms. The van der Waals surface area contributed by atoms with Crippen molar-refractivity contribution in [2.75, 3.05) is 18.0 Å². The monoisotopic (exact) mass is 346 g/mol. The summed E-state index contributed by atoms with van der Waals surface area (Å²) < 4.78 is 19.0. The van der Waals surface area contributed by atoms with Gasteiger partial charge < -0.3 is 9.42 Å². The molecule has 0 amide bonds. The van der Waals surface area contributed by atoms with Crippen LogP contribution in [0.1, 0.15) is 30.5 Å². The molecule has 3 heterocycles. The summed E-state index contributed by atoms with van der Waals surface area (Å²) in [5.74, 6) is 1.07. The number of pyridine rings is 1. The highest BCUT2D eigenvalue weighted by Crippen LogP contribution is 2.34. The van der Waals surface area contributed by atoms with Crippen molar-refractivity contribution in [3.63, 3.8) is 0 Å². The predicted octanol–water partition coefficient (Wildman–Crippen LogP) is 4.10. The fourth-order valence-electron chi connectivity index (χ4n) is 3.28. The lowest BCUT2D eigenvalue weighted by atomic mass is 9.97. The number of halogens is 2. The quantitative estimate of drug-likeness (QED) is 0.699. The van der Waals surface area contributed by atoms with E-state index in [9.17, 15) is 4.39 Å². The fraction of sp³-hybridized carbons (Fsp3) is 0.353. The third-order valence-electron chi connectivity index (χ3n) is 4.42. The molecule has 4 rings (SSSR count). The van der Waals surface area contributed by atoms with E-state index < -0.39 is 5.82 Å². The Morgan fingerprint density at radius 3 is 3.04 bits per heavy atom. The third kappa shape index (κ3) is 2.71. The molecular weight excluding hydrogens is 331 g/mol. The van der Waals surface area contributed by atoms with Crippen molar-refractivity contribution in [1.29, 1.82) is 0 Å². The average molecular weight is 347 g/mol. The van der Waals surface area contributed by atoms with Crippen molar-refractivity contribution in [3.05, 3.63) is 47.0 Å². The molecular formula is C17H16ClFN4O. The van der Waals surface area contributed by atoms with Gasteiger partial charge in [0.2, 0.25) is 5.89 Å². The topological polar surface area (TPSA) is 55.1 Å². The lowest BCUT2D eigenvalue weighted by molar-refractivity contribution is 0.331. The second kappa shape index (κ2) is 6.02. The van der Waals surface area contributed by atoms with Gasteiger partial charge in [-0.25, -0.2) is 4.39 Å². The maximum atomic E-state index is 13.7. The van der Waals surface area contributed by atoms with Crippen LogP contribution in [0, 0.1) is 12.7 Å². The highest BCUT2D eigenvalue weighted by atomic mass is 35.5. The number of aryl methyl sites for hydroxylation is 1. The number of fused-ring (bicyclic) bond motifs is 1. The molecule has 2 aromatic heterocycles. The number of piperidine rings is 1. The molecule has 0 aliphatic carbocycles. The van der Waals surface area contributed by atoms with Crippen molar-refractivity contribution in [1.82, 2.24) is 15.1 Å². The minimum absolute atomic E-state index is 0.109. The number of anilines is 1. The Balaban J connectivity index is 1.70. The van der Waals surface area contributed by atoms with Crippen molar-refractivity contribution >= 4 is 28.2 Å². The maximum absolute atomic E-state index is 13.7. The van der Waals surface area contributed by atoms with Gasteiger partial charge in [0.05, 0.1) is 16.5 Å². The van der Waals surface area contributed by atoms with E-state index in [-0.39, 0.29) is 10.9 Å². The number of aromatic nitrogens is 3. The number of benzene rings is 1. The highest BCUT2D eigenvalue weighted by molar-refractivity contribution is 6.31. The molecule has 0 bridgehead atoms. The molecule has 0 saturated carbocycles. The Morgan fingerprint density at radius 1 is 1.38 bits per heavy atom. The third-order valence-corrected chi connectivity index (χ3v) is 4.70. The van der Waals surface area contributed by atoms with Crippen LogP contribution in [-0.4, -0.2) is 28.2 Å². The zero-order valence-electron chi connectivity index (χ0n) is 13.2. The predicted molar refractivity (Wildman–Crippen MR) is 89.9 cm³/mol. The van der Waals surface area contributed by atoms with Crippen LogP contribution in [0.5, 0.6) is 0 Å². The van der Waals surface area contributed by atoms with Crippen LogP contribution >= 0.6 is 11.6 Å². The molecule has 0 N–H and O–H groups in total. The van der Waals surface area contributed by atoms with Crippen LogP contribution in [-0.2, 0) is 0 Å². The summed E-state index contributed by atoms with van der Waals surface area (Å²) in [5.41, 5.74) is 1.60. The first-order chi connectivity index (χ1) is 11.6. The van der Waals surface area contributed by atoms with E-state index in [1.165, 1.54) is 6.07 Å². The van der Waals surface area contributed by atoms with E-state index in [0.29, 0.717) is 17.2 Å². The molecule has 1 atom stereocenters. The van der Waals surface area contributed by atoms with Gasteiger partial charge in [0.1, 0.15) is 5.82 Å². The molecule has 124 valence electrons. The van der Waals surface area contributed by atoms with Gasteiger partial charge in [-0.1, -0.05) is 16.8 Å². The van der Waals surface area contributed by atoms with E-state index in [2.05, 4.69) is 20.0 Å². The van der Waals surface area contributed by atoms with Gasteiger partial charge in [-0.15, -0.1) is 0 Å². The second-order valence-electron chi connectivity index (χ2n) is 6.08. The van der Waals surface area contributed by atoms with Gasteiger partial charge in [0.15, 0.2) is 5.82 Å². The molecule has 1 fully saturated rings. The minimum atomic E-state index is -0.452. The van der Waals surface area contributed by atoms with Gasteiger partial charge in [0, 0.05) is 36.4 Å². The number of nitrogens with zero attached hydrogens (tertiary/aromatic N) is 4. The smallest absolute Gasteiger partial charge is 0.231 e. The Labute approximate surface area is 143 Å². The first-order valence-electron chi connectivity index (χ1n) is 7.91. The summed E-state index contributed by atoms with van der Waals surface area (Å²) in [6, 6.07) is 4.97. The van der Waals surface area contributed by atoms with E-state index in [0.717, 1.165) is 37.0 Å². The lowest BCUT2D eigenvalue weighted by Gasteiger charge is -2.33. The first-order valence-corrected chi connectivity index (χ1v) is 8.28. The fourth-order valence-corrected chi connectivity index (χ4v) is 3.44. The summed E-state index contributed by atoms with van der Waals surface area (Å²) in [7, 11) is 0. The summed E-state index contributed by atoms with van der Waals surface area (Å²) in [6.45, 7) is 3.51. The van der Waals surface area contributed by atoms with Crippen LogP contribution in [0.3, 0.4) is 0 Å². The summed E-state index contributed by atoms with van der Waals surface area (Å²) in [6.07, 6.45) is 3.73. The van der Waals surface area contributed by atoms with E-state index in [4.69, 9.17) is 16.1 Å². The zero-order chi connectivity index (χ0) is 16.7. The molecule has 1 aliphatic heterocycles. The Kier molecular flexibility index (Phi) is 3.84. The standard InChI is InChI=1S/C17H16ClFN4O/c1-10-21-17(24-22-10)11-3-2-6-23(9-11)16-4-5-20-15-8-14(19)13(18)7-12(15)16/h4-5,7-8,11H,2-3,6,9H2,1H3. The van der Waals surface area contributed by atoms with Crippen LogP contribution in [0.25, 0.3) is 10.9 Å². The average Bonchev–Trinajstić information content (AvgIpc) is 3.02. The van der Waals surface area contributed by atoms with Crippen molar-refractivity contribution < 1.29 is 8.91 Å². The van der Waals surface area contributed by atoms with Gasteiger partial charge in [-0.2, -0.15) is 4.98 Å². The van der Waals surface area contributed by atoms with E-state index in [1.807, 2.05) is 13.0 Å². The normalized spacial score (nSPS) is 18.3. The molecule has 0 radical (unpaired) electrons. The van der Waals surface area contributed by atoms with Gasteiger partial charge in [0.25, 0.3) is 0 Å². The van der Waals surface area contributed by atoms with Crippen molar-refractivity contribution in [2.24, 2.45) is 0 Å². The Morgan fingerprint density at radius 2 is 2.25 bits per heavy atom. The van der Waals surface area contributed by atoms with E-state index >= 15 is 0 Å². The highest BCUT2D eigenvalue weighted by Gasteiger charge is 2.26. The summed E-state index contributed by atoms with van der Waals surface area (Å²) >= 11 is 5.97. The number of rotatable bonds is 2. The molecule has 0 spiro atoms. The van der Waals surface area contributed by atoms with Crippen molar-refractivity contribution in [2.45, 2.75) is 25.7 Å². The van der Waals surface area contributed by atoms with Gasteiger partial charge in [-0.05, 0) is 31.9 Å². The van der Waals surface area contributed by atoms with Crippen LogP contribution < -0.4 is 4.90 Å². The largest absolute Gasteiger partial charge is 0.370 e. The zero-order valence-corrected chi connectivity index (χ0v) is 13.9. The first kappa shape index (κ1) is 15.3. The molecule has 1 unspecified atom stereocenters. The SMILES string of the molecule is Cc1noc(C2CCCN(c3ccnc4cc(F)c(Cl)cc34)C2)n1. The Bertz CT molecular complexity index is 897. The number of hydrogen-bond donors (Lipinski definition) is 0. The Hall–Kier alpha value is -2.21. The molecule has 1 aromatic carbocycles. The maximum Gasteiger partial charge on any atom is 0.231 e. The summed E-state index contributed by atoms with van der Waals surface area (Å²) in [4.78, 5) is 10.9. The molecule has 1 saturated heterocycles.